The molecule has 1 unspecified atom stereocenters. The Labute approximate surface area is 154 Å². The van der Waals surface area contributed by atoms with Crippen molar-refractivity contribution in [2.24, 2.45) is 11.7 Å². The zero-order valence-corrected chi connectivity index (χ0v) is 15.1. The molecule has 0 aliphatic rings. The zero-order chi connectivity index (χ0) is 18.9. The number of nitrogens with two attached hydrogens (primary N) is 1. The number of hydrogen-bond donors (Lipinski definition) is 3. The lowest BCUT2D eigenvalue weighted by Crippen LogP contribution is -2.30. The molecule has 0 saturated heterocycles. The minimum Gasteiger partial charge on any atom is -0.392 e. The van der Waals surface area contributed by atoms with Crippen LogP contribution >= 0.6 is 0 Å². The first-order chi connectivity index (χ1) is 12.6. The molecular weight excluding hydrogens is 330 g/mol. The fourth-order valence-electron chi connectivity index (χ4n) is 3.24. The topological polar surface area (TPSA) is 92.8 Å². The molecule has 0 saturated carbocycles. The van der Waals surface area contributed by atoms with Crippen molar-refractivity contribution in [3.05, 3.63) is 70.8 Å². The maximum Gasteiger partial charge on any atom is 0.221 e. The molecule has 140 valence electrons. The average molecular weight is 357 g/mol. The van der Waals surface area contributed by atoms with Crippen molar-refractivity contribution in [1.82, 2.24) is 0 Å². The zero-order valence-electron chi connectivity index (χ0n) is 15.1. The second-order valence-corrected chi connectivity index (χ2v) is 6.42. The number of aliphatic hydroxyl groups is 2. The smallest absolute Gasteiger partial charge is 0.221 e. The van der Waals surface area contributed by atoms with E-state index in [2.05, 4.69) is 0 Å². The summed E-state index contributed by atoms with van der Waals surface area (Å²) in [5.74, 6) is -0.904. The third-order valence-corrected chi connectivity index (χ3v) is 4.67. The molecule has 4 N–H and O–H groups in total. The summed E-state index contributed by atoms with van der Waals surface area (Å²) in [6.07, 6.45) is 1.36. The van der Waals surface area contributed by atoms with Gasteiger partial charge in [0.05, 0.1) is 13.2 Å². The molecule has 0 aliphatic carbocycles. The van der Waals surface area contributed by atoms with E-state index in [1.807, 2.05) is 48.5 Å². The largest absolute Gasteiger partial charge is 0.392 e. The van der Waals surface area contributed by atoms with Crippen LogP contribution in [-0.4, -0.2) is 29.8 Å². The van der Waals surface area contributed by atoms with Crippen LogP contribution in [0, 0.1) is 5.92 Å². The van der Waals surface area contributed by atoms with Crippen LogP contribution in [-0.2, 0) is 22.7 Å². The molecular formula is C21H27NO4. The number of primary amides is 1. The molecule has 0 aromatic heterocycles. The van der Waals surface area contributed by atoms with Crippen molar-refractivity contribution < 1.29 is 19.7 Å². The Morgan fingerprint density at radius 1 is 0.962 bits per heavy atom. The van der Waals surface area contributed by atoms with Crippen LogP contribution < -0.4 is 5.73 Å². The highest BCUT2D eigenvalue weighted by atomic mass is 16.5. The van der Waals surface area contributed by atoms with Gasteiger partial charge in [0.15, 0.2) is 0 Å². The van der Waals surface area contributed by atoms with Crippen molar-refractivity contribution in [3.63, 3.8) is 0 Å². The predicted octanol–water partition coefficient (Wildman–Crippen LogP) is 2.33. The fraction of sp³-hybridized carbons (Fsp3) is 0.381. The molecule has 5 nitrogen and oxygen atoms in total. The van der Waals surface area contributed by atoms with E-state index in [-0.39, 0.29) is 31.0 Å². The summed E-state index contributed by atoms with van der Waals surface area (Å²) in [6, 6.07) is 15.2. The van der Waals surface area contributed by atoms with Gasteiger partial charge in [-0.25, -0.2) is 0 Å². The minimum atomic E-state index is -0.370. The number of carbonyl (C=O) groups excluding carboxylic acids is 1. The normalized spacial score (nSPS) is 12.3. The fourth-order valence-corrected chi connectivity index (χ4v) is 3.24. The number of rotatable bonds is 10. The van der Waals surface area contributed by atoms with E-state index in [1.54, 1.807) is 7.11 Å². The second kappa shape index (κ2) is 10.1. The Morgan fingerprint density at radius 3 is 1.77 bits per heavy atom. The van der Waals surface area contributed by atoms with Gasteiger partial charge in [-0.2, -0.15) is 0 Å². The van der Waals surface area contributed by atoms with Crippen LogP contribution in [0.25, 0.3) is 0 Å². The number of hydrogen-bond acceptors (Lipinski definition) is 4. The van der Waals surface area contributed by atoms with Gasteiger partial charge in [-0.3, -0.25) is 4.79 Å². The van der Waals surface area contributed by atoms with E-state index < -0.39 is 0 Å². The van der Waals surface area contributed by atoms with Gasteiger partial charge in [-0.05, 0) is 35.1 Å². The Kier molecular flexibility index (Phi) is 7.78. The highest BCUT2D eigenvalue weighted by Crippen LogP contribution is 2.35. The molecule has 1 amide bonds. The number of carbonyl (C=O) groups is 1. The Hall–Kier alpha value is -2.21. The van der Waals surface area contributed by atoms with Gasteiger partial charge in [0, 0.05) is 25.6 Å². The average Bonchev–Trinajstić information content (AvgIpc) is 2.68. The van der Waals surface area contributed by atoms with Crippen LogP contribution in [0.15, 0.2) is 48.5 Å². The summed E-state index contributed by atoms with van der Waals surface area (Å²) in [5.41, 5.74) is 9.33. The van der Waals surface area contributed by atoms with E-state index >= 15 is 0 Å². The second-order valence-electron chi connectivity index (χ2n) is 6.42. The molecule has 26 heavy (non-hydrogen) atoms. The summed E-state index contributed by atoms with van der Waals surface area (Å²) >= 11 is 0. The Bertz CT molecular complexity index is 635. The molecule has 2 rings (SSSR count). The SMILES string of the molecule is COCCCC(C(N)=O)C(c1ccc(CO)cc1)c1ccc(CO)cc1. The van der Waals surface area contributed by atoms with Gasteiger partial charge in [0.1, 0.15) is 0 Å². The van der Waals surface area contributed by atoms with Crippen LogP contribution in [0.4, 0.5) is 0 Å². The molecule has 2 aromatic carbocycles. The van der Waals surface area contributed by atoms with Crippen molar-refractivity contribution in [2.45, 2.75) is 32.0 Å². The molecule has 0 heterocycles. The quantitative estimate of drug-likeness (QED) is 0.569. The maximum atomic E-state index is 12.2. The van der Waals surface area contributed by atoms with Gasteiger partial charge in [0.2, 0.25) is 5.91 Å². The highest BCUT2D eigenvalue weighted by Gasteiger charge is 2.29. The van der Waals surface area contributed by atoms with Crippen LogP contribution in [0.2, 0.25) is 0 Å². The number of aliphatic hydroxyl groups excluding tert-OH is 2. The third kappa shape index (κ3) is 5.14. The van der Waals surface area contributed by atoms with Gasteiger partial charge < -0.3 is 20.7 Å². The number of amides is 1. The lowest BCUT2D eigenvalue weighted by molar-refractivity contribution is -0.122. The van der Waals surface area contributed by atoms with E-state index in [9.17, 15) is 15.0 Å². The Morgan fingerprint density at radius 2 is 1.42 bits per heavy atom. The van der Waals surface area contributed by atoms with Gasteiger partial charge in [0.25, 0.3) is 0 Å². The highest BCUT2D eigenvalue weighted by molar-refractivity contribution is 5.78. The van der Waals surface area contributed by atoms with Crippen molar-refractivity contribution in [1.29, 1.82) is 0 Å². The Balaban J connectivity index is 2.41. The van der Waals surface area contributed by atoms with E-state index in [0.29, 0.717) is 13.0 Å². The number of ether oxygens (including phenoxy) is 1. The third-order valence-electron chi connectivity index (χ3n) is 4.67. The molecule has 1 atom stereocenters. The van der Waals surface area contributed by atoms with Gasteiger partial charge in [-0.1, -0.05) is 48.5 Å². The van der Waals surface area contributed by atoms with Gasteiger partial charge in [-0.15, -0.1) is 0 Å². The summed E-state index contributed by atoms with van der Waals surface area (Å²) < 4.78 is 5.12. The molecule has 0 bridgehead atoms. The number of methoxy groups -OCH3 is 1. The van der Waals surface area contributed by atoms with Crippen LogP contribution in [0.3, 0.4) is 0 Å². The van der Waals surface area contributed by atoms with Crippen LogP contribution in [0.1, 0.15) is 41.0 Å². The van der Waals surface area contributed by atoms with Crippen molar-refractivity contribution >= 4 is 5.91 Å². The monoisotopic (exact) mass is 357 g/mol. The van der Waals surface area contributed by atoms with E-state index in [4.69, 9.17) is 10.5 Å². The summed E-state index contributed by atoms with van der Waals surface area (Å²) in [4.78, 5) is 12.2. The first-order valence-corrected chi connectivity index (χ1v) is 8.78. The van der Waals surface area contributed by atoms with E-state index in [1.165, 1.54) is 0 Å². The van der Waals surface area contributed by atoms with E-state index in [0.717, 1.165) is 28.7 Å². The van der Waals surface area contributed by atoms with Crippen molar-refractivity contribution in [3.8, 4) is 0 Å². The summed E-state index contributed by atoms with van der Waals surface area (Å²) in [7, 11) is 1.64. The maximum absolute atomic E-state index is 12.2. The van der Waals surface area contributed by atoms with Crippen molar-refractivity contribution in [2.75, 3.05) is 13.7 Å². The lowest BCUT2D eigenvalue weighted by atomic mass is 9.78. The first kappa shape index (κ1) is 20.1. The summed E-state index contributed by atoms with van der Waals surface area (Å²) in [5, 5.41) is 18.5. The molecule has 0 spiro atoms. The number of benzene rings is 2. The minimum absolute atomic E-state index is 0.0246. The molecule has 0 aliphatic heterocycles. The lowest BCUT2D eigenvalue weighted by Gasteiger charge is -2.26. The van der Waals surface area contributed by atoms with Crippen LogP contribution in [0.5, 0.6) is 0 Å². The summed E-state index contributed by atoms with van der Waals surface area (Å²) in [6.45, 7) is 0.524. The van der Waals surface area contributed by atoms with Gasteiger partial charge >= 0.3 is 0 Å². The molecule has 0 radical (unpaired) electrons. The molecule has 5 heteroatoms. The predicted molar refractivity (Wildman–Crippen MR) is 100 cm³/mol. The molecule has 2 aromatic rings. The first-order valence-electron chi connectivity index (χ1n) is 8.78. The molecule has 0 fully saturated rings. The standard InChI is InChI=1S/C21H27NO4/c1-26-12-2-3-19(21(22)25)20(17-8-4-15(13-23)5-9-17)18-10-6-16(14-24)7-11-18/h4-11,19-20,23-24H,2-3,12-14H2,1H3,(H2,22,25).